The van der Waals surface area contributed by atoms with Crippen molar-refractivity contribution in [2.75, 3.05) is 26.4 Å². The summed E-state index contributed by atoms with van der Waals surface area (Å²) < 4.78 is 48.8. The van der Waals surface area contributed by atoms with E-state index in [-0.39, 0.29) is 41.1 Å². The number of hydrogen-bond acceptors (Lipinski definition) is 22. The van der Waals surface area contributed by atoms with Crippen LogP contribution in [0.15, 0.2) is 11.6 Å². The zero-order chi connectivity index (χ0) is 55.1. The third-order valence-electron chi connectivity index (χ3n) is 20.5. The first-order valence-corrected chi connectivity index (χ1v) is 27.3. The molecule has 8 fully saturated rings. The highest BCUT2D eigenvalue weighted by atomic mass is 16.8. The predicted octanol–water partition coefficient (Wildman–Crippen LogP) is -1.56. The lowest BCUT2D eigenvalue weighted by Gasteiger charge is -2.71. The molecule has 0 aromatic heterocycles. The molecule has 14 N–H and O–H groups in total. The van der Waals surface area contributed by atoms with Crippen molar-refractivity contribution in [3.8, 4) is 0 Å². The van der Waals surface area contributed by atoms with Gasteiger partial charge in [0.25, 0.3) is 0 Å². The minimum atomic E-state index is -1.81. The summed E-state index contributed by atoms with van der Waals surface area (Å²) in [5.74, 6) is -0.395. The molecule has 4 aliphatic heterocycles. The lowest BCUT2D eigenvalue weighted by molar-refractivity contribution is -0.378. The van der Waals surface area contributed by atoms with Crippen LogP contribution in [0.1, 0.15) is 113 Å². The van der Waals surface area contributed by atoms with Crippen LogP contribution in [-0.4, -0.2) is 232 Å². The maximum atomic E-state index is 12.8. The highest BCUT2D eigenvalue weighted by Crippen LogP contribution is 2.76. The Morgan fingerprint density at radius 2 is 1.16 bits per heavy atom. The standard InChI is InChI=1S/C53H90O22/c1-23(2)10-9-14-53(8,75-47-43(67)39(63)37(61)29(72-47)22-69-45-41(65)34(58)26(57)21-68-45)24-11-16-52(7)33(24)25(56)18-31-50(5)15-13-32(49(3,4)30(50)12-17-51(31,52)6)73-48-44(40(64)36(60)28(20-55)71-48)74-46-42(66)38(62)35(59)27(19-54)70-46/h10,24-48,54-67H,9,11-22H2,1-8H3/t24-,25+,26-,27-,28-,29+,30-,31+,32+,33-,34-,35-,36-,37-,38+,39+,40+,41+,42-,43+,44-,45-,46+,47-,48+,50-,51+,52+,53-/m0/s1. The van der Waals surface area contributed by atoms with Crippen molar-refractivity contribution < 1.29 is 109 Å². The SMILES string of the molecule is CC(C)=CCC[C@](C)(O[C@@H]1O[C@H](CO[C@@H]2OC[C@H](O)[C@H](O)[C@H]2O)[C@H](O)[C@@H](O)[C@H]1O)[C@H]1CC[C@]2(C)[C@@H]1[C@H](O)C[C@@H]1[C@@]3(C)CC[C@@H](O[C@H]4O[C@@H](CO)[C@H](O)[C@@H](O)[C@@H]4O[C@H]4O[C@@H](CO)[C@H](O)[C@@H](O)[C@@H]4O)C(C)(C)[C@@H]3CC[C@]12C. The fourth-order valence-corrected chi connectivity index (χ4v) is 16.0. The molecule has 0 aromatic rings. The van der Waals surface area contributed by atoms with Gasteiger partial charge in [0, 0.05) is 0 Å². The lowest BCUT2D eigenvalue weighted by atomic mass is 9.35. The largest absolute Gasteiger partial charge is 0.394 e. The number of aliphatic hydroxyl groups excluding tert-OH is 14. The molecular formula is C53H90O22. The van der Waals surface area contributed by atoms with E-state index >= 15 is 0 Å². The Morgan fingerprint density at radius 1 is 0.587 bits per heavy atom. The fraction of sp³-hybridized carbons (Fsp3) is 0.962. The van der Waals surface area contributed by atoms with E-state index in [0.29, 0.717) is 38.5 Å². The van der Waals surface area contributed by atoms with Crippen molar-refractivity contribution in [2.45, 2.75) is 248 Å². The molecular weight excluding hydrogens is 989 g/mol. The first kappa shape index (κ1) is 60.0. The maximum absolute atomic E-state index is 12.8. The molecule has 4 aliphatic carbocycles. The minimum absolute atomic E-state index is 0.0508. The lowest BCUT2D eigenvalue weighted by Crippen LogP contribution is -2.68. The zero-order valence-corrected chi connectivity index (χ0v) is 44.7. The van der Waals surface area contributed by atoms with E-state index < -0.39 is 165 Å². The van der Waals surface area contributed by atoms with Gasteiger partial charge in [0.15, 0.2) is 25.2 Å². The third-order valence-corrected chi connectivity index (χ3v) is 20.5. The summed E-state index contributed by atoms with van der Waals surface area (Å²) >= 11 is 0. The van der Waals surface area contributed by atoms with Gasteiger partial charge in [-0.05, 0) is 124 Å². The number of hydrogen-bond donors (Lipinski definition) is 14. The molecule has 8 rings (SSSR count). The van der Waals surface area contributed by atoms with E-state index in [1.54, 1.807) is 0 Å². The van der Waals surface area contributed by atoms with Crippen LogP contribution >= 0.6 is 0 Å². The second kappa shape index (κ2) is 22.7. The molecule has 8 aliphatic rings. The highest BCUT2D eigenvalue weighted by Gasteiger charge is 2.72. The highest BCUT2D eigenvalue weighted by molar-refractivity contribution is 5.20. The first-order valence-electron chi connectivity index (χ1n) is 27.3. The number of rotatable bonds is 15. The topological polar surface area (TPSA) is 357 Å². The van der Waals surface area contributed by atoms with E-state index in [1.165, 1.54) is 0 Å². The molecule has 0 unspecified atom stereocenters. The van der Waals surface area contributed by atoms with Gasteiger partial charge in [0.1, 0.15) is 91.6 Å². The van der Waals surface area contributed by atoms with Crippen molar-refractivity contribution in [1.82, 2.24) is 0 Å². The van der Waals surface area contributed by atoms with Gasteiger partial charge in [0.2, 0.25) is 0 Å². The van der Waals surface area contributed by atoms with Gasteiger partial charge in [0.05, 0.1) is 44.2 Å². The van der Waals surface area contributed by atoms with Gasteiger partial charge in [-0.1, -0.05) is 46.3 Å². The smallest absolute Gasteiger partial charge is 0.187 e. The summed E-state index contributed by atoms with van der Waals surface area (Å²) in [6.45, 7) is 15.1. The van der Waals surface area contributed by atoms with Crippen molar-refractivity contribution in [3.63, 3.8) is 0 Å². The van der Waals surface area contributed by atoms with Crippen LogP contribution in [0.2, 0.25) is 0 Å². The van der Waals surface area contributed by atoms with Crippen molar-refractivity contribution in [1.29, 1.82) is 0 Å². The summed E-state index contributed by atoms with van der Waals surface area (Å²) in [6.07, 6.45) is -22.6. The summed E-state index contributed by atoms with van der Waals surface area (Å²) in [6, 6.07) is 0. The molecule has 0 amide bonds. The molecule has 4 saturated heterocycles. The Bertz CT molecular complexity index is 1940. The zero-order valence-electron chi connectivity index (χ0n) is 44.7. The Hall–Kier alpha value is -1.14. The molecule has 0 bridgehead atoms. The Kier molecular flexibility index (Phi) is 18.1. The van der Waals surface area contributed by atoms with Crippen molar-refractivity contribution in [2.24, 2.45) is 45.3 Å². The van der Waals surface area contributed by atoms with Gasteiger partial charge < -0.3 is 109 Å². The average molecular weight is 1080 g/mol. The second-order valence-electron chi connectivity index (χ2n) is 25.3. The van der Waals surface area contributed by atoms with Crippen LogP contribution in [0.4, 0.5) is 0 Å². The van der Waals surface area contributed by atoms with Crippen molar-refractivity contribution >= 4 is 0 Å². The van der Waals surface area contributed by atoms with E-state index in [0.717, 1.165) is 24.8 Å². The molecule has 0 aromatic carbocycles. The molecule has 4 heterocycles. The predicted molar refractivity (Wildman–Crippen MR) is 260 cm³/mol. The van der Waals surface area contributed by atoms with Crippen LogP contribution in [0.25, 0.3) is 0 Å². The normalized spacial score (nSPS) is 52.7. The van der Waals surface area contributed by atoms with Gasteiger partial charge in [-0.3, -0.25) is 0 Å². The van der Waals surface area contributed by atoms with Gasteiger partial charge in [-0.2, -0.15) is 0 Å². The molecule has 22 heteroatoms. The summed E-state index contributed by atoms with van der Waals surface area (Å²) in [5, 5.41) is 151. The second-order valence-corrected chi connectivity index (χ2v) is 25.3. The van der Waals surface area contributed by atoms with E-state index in [9.17, 15) is 71.5 Å². The summed E-state index contributed by atoms with van der Waals surface area (Å²) in [5.41, 5.74) is -1.48. The molecule has 4 saturated carbocycles. The van der Waals surface area contributed by atoms with Crippen LogP contribution in [0.3, 0.4) is 0 Å². The van der Waals surface area contributed by atoms with E-state index in [1.807, 2.05) is 20.8 Å². The van der Waals surface area contributed by atoms with Crippen LogP contribution < -0.4 is 0 Å². The first-order chi connectivity index (χ1) is 35.1. The summed E-state index contributed by atoms with van der Waals surface area (Å²) in [7, 11) is 0. The molecule has 75 heavy (non-hydrogen) atoms. The number of fused-ring (bicyclic) bond motifs is 5. The van der Waals surface area contributed by atoms with Crippen LogP contribution in [-0.2, 0) is 37.9 Å². The number of allylic oxidation sites excluding steroid dienone is 2. The van der Waals surface area contributed by atoms with Gasteiger partial charge in [-0.25, -0.2) is 0 Å². The monoisotopic (exact) mass is 1080 g/mol. The maximum Gasteiger partial charge on any atom is 0.187 e. The van der Waals surface area contributed by atoms with Gasteiger partial charge in [-0.15, -0.1) is 0 Å². The molecule has 434 valence electrons. The van der Waals surface area contributed by atoms with Gasteiger partial charge >= 0.3 is 0 Å². The Balaban J connectivity index is 1.01. The van der Waals surface area contributed by atoms with E-state index in [4.69, 9.17) is 37.9 Å². The molecule has 0 spiro atoms. The summed E-state index contributed by atoms with van der Waals surface area (Å²) in [4.78, 5) is 0. The van der Waals surface area contributed by atoms with Crippen LogP contribution in [0, 0.1) is 45.3 Å². The quantitative estimate of drug-likeness (QED) is 0.0651. The number of aliphatic hydroxyl groups is 14. The average Bonchev–Trinajstić information content (AvgIpc) is 3.75. The third kappa shape index (κ3) is 10.6. The Morgan fingerprint density at radius 3 is 1.80 bits per heavy atom. The Labute approximate surface area is 439 Å². The van der Waals surface area contributed by atoms with E-state index in [2.05, 4.69) is 40.7 Å². The number of ether oxygens (including phenoxy) is 8. The van der Waals surface area contributed by atoms with Crippen LogP contribution in [0.5, 0.6) is 0 Å². The fourth-order valence-electron chi connectivity index (χ4n) is 16.0. The molecule has 22 nitrogen and oxygen atoms in total. The molecule has 0 radical (unpaired) electrons. The molecule has 29 atom stereocenters. The minimum Gasteiger partial charge on any atom is -0.394 e. The van der Waals surface area contributed by atoms with Crippen molar-refractivity contribution in [3.05, 3.63) is 11.6 Å².